The highest BCUT2D eigenvalue weighted by Gasteiger charge is 2.22. The number of nitrogens with one attached hydrogen (secondary N) is 1. The maximum Gasteiger partial charge on any atom is 0.236 e. The third-order valence-electron chi connectivity index (χ3n) is 3.34. The van der Waals surface area contributed by atoms with Crippen LogP contribution in [0, 0.1) is 11.8 Å². The Labute approximate surface area is 103 Å². The lowest BCUT2D eigenvalue weighted by Gasteiger charge is -2.14. The highest BCUT2D eigenvalue weighted by molar-refractivity contribution is 7.98. The molecule has 2 unspecified atom stereocenters. The Morgan fingerprint density at radius 2 is 2.31 bits per heavy atom. The van der Waals surface area contributed by atoms with Crippen molar-refractivity contribution in [3.63, 3.8) is 0 Å². The van der Waals surface area contributed by atoms with Gasteiger partial charge in [0, 0.05) is 6.54 Å². The molecule has 0 saturated heterocycles. The molecule has 3 nitrogen and oxygen atoms in total. The molecule has 0 aliphatic heterocycles. The quantitative estimate of drug-likeness (QED) is 0.746. The zero-order valence-electron chi connectivity index (χ0n) is 10.4. The molecule has 16 heavy (non-hydrogen) atoms. The predicted octanol–water partition coefficient (Wildman–Crippen LogP) is 1.62. The maximum absolute atomic E-state index is 11.6. The van der Waals surface area contributed by atoms with Crippen molar-refractivity contribution >= 4 is 17.7 Å². The summed E-state index contributed by atoms with van der Waals surface area (Å²) in [6.45, 7) is 3.10. The monoisotopic (exact) mass is 244 g/mol. The molecule has 0 aromatic rings. The molecule has 0 aromatic heterocycles. The molecular formula is C12H24N2OS. The van der Waals surface area contributed by atoms with E-state index in [1.54, 1.807) is 11.8 Å². The van der Waals surface area contributed by atoms with Gasteiger partial charge in [-0.25, -0.2) is 0 Å². The van der Waals surface area contributed by atoms with E-state index < -0.39 is 0 Å². The summed E-state index contributed by atoms with van der Waals surface area (Å²) in [5.41, 5.74) is 5.79. The average molecular weight is 244 g/mol. The van der Waals surface area contributed by atoms with Crippen LogP contribution in [0.1, 0.15) is 32.6 Å². The second kappa shape index (κ2) is 7.17. The molecule has 1 saturated carbocycles. The smallest absolute Gasteiger partial charge is 0.236 e. The summed E-state index contributed by atoms with van der Waals surface area (Å²) >= 11 is 1.73. The van der Waals surface area contributed by atoms with Crippen molar-refractivity contribution in [1.82, 2.24) is 5.32 Å². The van der Waals surface area contributed by atoms with Crippen molar-refractivity contribution in [1.29, 1.82) is 0 Å². The molecule has 3 N–H and O–H groups in total. The van der Waals surface area contributed by atoms with Crippen LogP contribution in [-0.2, 0) is 4.79 Å². The van der Waals surface area contributed by atoms with E-state index in [2.05, 4.69) is 12.2 Å². The van der Waals surface area contributed by atoms with Crippen molar-refractivity contribution in [2.75, 3.05) is 18.6 Å². The summed E-state index contributed by atoms with van der Waals surface area (Å²) in [4.78, 5) is 11.6. The lowest BCUT2D eigenvalue weighted by Crippen LogP contribution is -2.42. The summed E-state index contributed by atoms with van der Waals surface area (Å²) in [5, 5.41) is 2.98. The Hall–Kier alpha value is -0.220. The van der Waals surface area contributed by atoms with Crippen LogP contribution in [0.25, 0.3) is 0 Å². The van der Waals surface area contributed by atoms with Crippen LogP contribution in [0.2, 0.25) is 0 Å². The first kappa shape index (κ1) is 13.8. The Kier molecular flexibility index (Phi) is 6.21. The van der Waals surface area contributed by atoms with E-state index >= 15 is 0 Å². The van der Waals surface area contributed by atoms with Crippen molar-refractivity contribution in [3.05, 3.63) is 0 Å². The molecule has 1 rings (SSSR count). The molecule has 0 radical (unpaired) electrons. The normalized spacial score (nSPS) is 26.7. The van der Waals surface area contributed by atoms with Crippen LogP contribution >= 0.6 is 11.8 Å². The highest BCUT2D eigenvalue weighted by Crippen LogP contribution is 2.29. The minimum atomic E-state index is -0.328. The van der Waals surface area contributed by atoms with Gasteiger partial charge in [0.05, 0.1) is 6.04 Å². The van der Waals surface area contributed by atoms with Gasteiger partial charge in [0.2, 0.25) is 5.91 Å². The second-order valence-electron chi connectivity index (χ2n) is 4.92. The van der Waals surface area contributed by atoms with Gasteiger partial charge >= 0.3 is 0 Å². The number of amides is 1. The third-order valence-corrected chi connectivity index (χ3v) is 3.98. The Balaban J connectivity index is 2.14. The molecule has 1 aliphatic rings. The number of hydrogen-bond acceptors (Lipinski definition) is 3. The van der Waals surface area contributed by atoms with Crippen molar-refractivity contribution in [2.45, 2.75) is 38.6 Å². The SMILES string of the molecule is CSCC[C@H](N)C(=O)NCC1CCC(C)C1. The van der Waals surface area contributed by atoms with Gasteiger partial charge in [0.15, 0.2) is 0 Å². The van der Waals surface area contributed by atoms with Gasteiger partial charge < -0.3 is 11.1 Å². The minimum absolute atomic E-state index is 0.0219. The molecule has 1 fully saturated rings. The second-order valence-corrected chi connectivity index (χ2v) is 5.90. The van der Waals surface area contributed by atoms with E-state index in [4.69, 9.17) is 5.73 Å². The van der Waals surface area contributed by atoms with Gasteiger partial charge in [-0.05, 0) is 43.1 Å². The van der Waals surface area contributed by atoms with Crippen LogP contribution in [0.5, 0.6) is 0 Å². The number of thioether (sulfide) groups is 1. The topological polar surface area (TPSA) is 55.1 Å². The summed E-state index contributed by atoms with van der Waals surface area (Å²) in [6, 6.07) is -0.328. The van der Waals surface area contributed by atoms with Gasteiger partial charge in [-0.3, -0.25) is 4.79 Å². The fourth-order valence-corrected chi connectivity index (χ4v) is 2.75. The third kappa shape index (κ3) is 4.74. The van der Waals surface area contributed by atoms with Crippen LogP contribution in [0.3, 0.4) is 0 Å². The van der Waals surface area contributed by atoms with Crippen LogP contribution in [0.15, 0.2) is 0 Å². The maximum atomic E-state index is 11.6. The summed E-state index contributed by atoms with van der Waals surface area (Å²) in [5.74, 6) is 2.47. The van der Waals surface area contributed by atoms with Crippen LogP contribution in [-0.4, -0.2) is 30.5 Å². The Morgan fingerprint density at radius 1 is 1.56 bits per heavy atom. The highest BCUT2D eigenvalue weighted by atomic mass is 32.2. The van der Waals surface area contributed by atoms with Gasteiger partial charge in [-0.2, -0.15) is 11.8 Å². The number of nitrogens with two attached hydrogens (primary N) is 1. The van der Waals surface area contributed by atoms with E-state index in [1.165, 1.54) is 19.3 Å². The van der Waals surface area contributed by atoms with E-state index in [-0.39, 0.29) is 11.9 Å². The zero-order valence-corrected chi connectivity index (χ0v) is 11.2. The first-order chi connectivity index (χ1) is 7.63. The fourth-order valence-electron chi connectivity index (χ4n) is 2.26. The number of rotatable bonds is 6. The van der Waals surface area contributed by atoms with E-state index in [0.717, 1.165) is 24.6 Å². The molecule has 0 spiro atoms. The summed E-state index contributed by atoms with van der Waals surface area (Å²) < 4.78 is 0. The molecular weight excluding hydrogens is 220 g/mol. The van der Waals surface area contributed by atoms with Gasteiger partial charge in [-0.15, -0.1) is 0 Å². The van der Waals surface area contributed by atoms with E-state index in [0.29, 0.717) is 5.92 Å². The molecule has 0 aromatic carbocycles. The lowest BCUT2D eigenvalue weighted by atomic mass is 10.1. The standard InChI is InChI=1S/C12H24N2OS/c1-9-3-4-10(7-9)8-14-12(15)11(13)5-6-16-2/h9-11H,3-8,13H2,1-2H3,(H,14,15)/t9?,10?,11-/m0/s1. The van der Waals surface area contributed by atoms with Gasteiger partial charge in [-0.1, -0.05) is 13.3 Å². The number of carbonyl (C=O) groups excluding carboxylic acids is 1. The molecule has 0 bridgehead atoms. The molecule has 1 amide bonds. The zero-order chi connectivity index (χ0) is 12.0. The van der Waals surface area contributed by atoms with Crippen molar-refractivity contribution < 1.29 is 4.79 Å². The molecule has 4 heteroatoms. The predicted molar refractivity (Wildman–Crippen MR) is 70.5 cm³/mol. The van der Waals surface area contributed by atoms with E-state index in [1.807, 2.05) is 6.26 Å². The largest absolute Gasteiger partial charge is 0.354 e. The molecule has 0 heterocycles. The van der Waals surface area contributed by atoms with Crippen LogP contribution in [0.4, 0.5) is 0 Å². The number of hydrogen-bond donors (Lipinski definition) is 2. The van der Waals surface area contributed by atoms with E-state index in [9.17, 15) is 4.79 Å². The van der Waals surface area contributed by atoms with Crippen molar-refractivity contribution in [2.24, 2.45) is 17.6 Å². The fraction of sp³-hybridized carbons (Fsp3) is 0.917. The average Bonchev–Trinajstić information content (AvgIpc) is 2.68. The summed E-state index contributed by atoms with van der Waals surface area (Å²) in [6.07, 6.45) is 6.61. The van der Waals surface area contributed by atoms with Gasteiger partial charge in [0.25, 0.3) is 0 Å². The molecule has 94 valence electrons. The Bertz CT molecular complexity index is 223. The number of carbonyl (C=O) groups is 1. The first-order valence-electron chi connectivity index (χ1n) is 6.15. The van der Waals surface area contributed by atoms with Crippen molar-refractivity contribution in [3.8, 4) is 0 Å². The summed E-state index contributed by atoms with van der Waals surface area (Å²) in [7, 11) is 0. The van der Waals surface area contributed by atoms with Crippen LogP contribution < -0.4 is 11.1 Å². The lowest BCUT2D eigenvalue weighted by molar-refractivity contribution is -0.122. The minimum Gasteiger partial charge on any atom is -0.354 e. The van der Waals surface area contributed by atoms with Gasteiger partial charge in [0.1, 0.15) is 0 Å². The Morgan fingerprint density at radius 3 is 2.88 bits per heavy atom. The molecule has 3 atom stereocenters. The molecule has 1 aliphatic carbocycles. The first-order valence-corrected chi connectivity index (χ1v) is 7.55.